The summed E-state index contributed by atoms with van der Waals surface area (Å²) < 4.78 is 39.3. The van der Waals surface area contributed by atoms with Gasteiger partial charge >= 0.3 is 0 Å². The molecule has 0 amide bonds. The van der Waals surface area contributed by atoms with E-state index in [0.29, 0.717) is 5.92 Å². The van der Waals surface area contributed by atoms with Gasteiger partial charge in [-0.1, -0.05) is 56.9 Å². The quantitative estimate of drug-likeness (QED) is 0.186. The third kappa shape index (κ3) is 6.28. The van der Waals surface area contributed by atoms with Gasteiger partial charge in [0.15, 0.2) is 17.5 Å². The van der Waals surface area contributed by atoms with Crippen molar-refractivity contribution < 1.29 is 13.2 Å². The number of halogens is 3. The van der Waals surface area contributed by atoms with Gasteiger partial charge in [-0.15, -0.1) is 0 Å². The average Bonchev–Trinajstić information content (AvgIpc) is 2.76. The molecule has 0 saturated heterocycles. The molecule has 1 aliphatic rings. The van der Waals surface area contributed by atoms with Gasteiger partial charge in [-0.3, -0.25) is 0 Å². The summed E-state index contributed by atoms with van der Waals surface area (Å²) in [6.07, 6.45) is 13.4. The van der Waals surface area contributed by atoms with Crippen LogP contribution in [0.4, 0.5) is 13.2 Å². The first-order chi connectivity index (χ1) is 14.6. The average molecular weight is 415 g/mol. The van der Waals surface area contributed by atoms with E-state index in [9.17, 15) is 13.2 Å². The minimum Gasteiger partial charge on any atom is -0.204 e. The minimum atomic E-state index is -1.49. The first-order valence-corrected chi connectivity index (χ1v) is 10.9. The molecule has 0 aliphatic heterocycles. The van der Waals surface area contributed by atoms with Gasteiger partial charge in [-0.05, 0) is 60.8 Å². The van der Waals surface area contributed by atoms with Crippen molar-refractivity contribution in [2.24, 2.45) is 16.1 Å². The molecule has 5 heteroatoms. The number of hydrogen-bond donors (Lipinski definition) is 0. The van der Waals surface area contributed by atoms with Crippen molar-refractivity contribution >= 4 is 12.4 Å². The van der Waals surface area contributed by atoms with Crippen LogP contribution < -0.4 is 0 Å². The number of benzene rings is 2. The summed E-state index contributed by atoms with van der Waals surface area (Å²) in [7, 11) is 0. The SMILES string of the molecule is CCCCCC1CCC(c2ccc(/C=N/N=C/c3cc(F)c(F)c(F)c3)cc2)CC1. The fraction of sp³-hybridized carbons (Fsp3) is 0.440. The Bertz CT molecular complexity index is 843. The molecule has 2 aromatic rings. The van der Waals surface area contributed by atoms with E-state index in [-0.39, 0.29) is 5.56 Å². The molecule has 1 aliphatic carbocycles. The first-order valence-electron chi connectivity index (χ1n) is 10.9. The molecule has 0 heterocycles. The van der Waals surface area contributed by atoms with E-state index in [1.54, 1.807) is 6.21 Å². The molecular formula is C25H29F3N2. The van der Waals surface area contributed by atoms with Gasteiger partial charge < -0.3 is 0 Å². The summed E-state index contributed by atoms with van der Waals surface area (Å²) in [6.45, 7) is 2.26. The van der Waals surface area contributed by atoms with Gasteiger partial charge in [0.1, 0.15) is 0 Å². The molecule has 2 aromatic carbocycles. The lowest BCUT2D eigenvalue weighted by Crippen LogP contribution is -2.13. The second-order valence-electron chi connectivity index (χ2n) is 8.17. The molecule has 3 rings (SSSR count). The van der Waals surface area contributed by atoms with Gasteiger partial charge in [0, 0.05) is 5.56 Å². The first kappa shape index (κ1) is 22.3. The van der Waals surface area contributed by atoms with E-state index in [0.717, 1.165) is 23.6 Å². The molecule has 0 N–H and O–H groups in total. The zero-order valence-corrected chi connectivity index (χ0v) is 17.5. The van der Waals surface area contributed by atoms with E-state index < -0.39 is 17.5 Å². The molecule has 0 spiro atoms. The van der Waals surface area contributed by atoms with E-state index in [1.165, 1.54) is 63.1 Å². The van der Waals surface area contributed by atoms with Crippen LogP contribution in [0.25, 0.3) is 0 Å². The van der Waals surface area contributed by atoms with Crippen LogP contribution in [-0.2, 0) is 0 Å². The highest BCUT2D eigenvalue weighted by Gasteiger charge is 2.21. The van der Waals surface area contributed by atoms with E-state index in [4.69, 9.17) is 0 Å². The molecule has 30 heavy (non-hydrogen) atoms. The summed E-state index contributed by atoms with van der Waals surface area (Å²) in [5.74, 6) is -2.43. The van der Waals surface area contributed by atoms with E-state index in [1.807, 2.05) is 12.1 Å². The van der Waals surface area contributed by atoms with E-state index >= 15 is 0 Å². The van der Waals surface area contributed by atoms with Crippen LogP contribution in [-0.4, -0.2) is 12.4 Å². The minimum absolute atomic E-state index is 0.115. The number of nitrogens with zero attached hydrogens (tertiary/aromatic N) is 2. The smallest absolute Gasteiger partial charge is 0.194 e. The second kappa shape index (κ2) is 11.1. The Kier molecular flexibility index (Phi) is 8.23. The Morgan fingerprint density at radius 2 is 1.43 bits per heavy atom. The maximum absolute atomic E-state index is 13.2. The summed E-state index contributed by atoms with van der Waals surface area (Å²) in [6, 6.07) is 10.1. The molecule has 0 bridgehead atoms. The van der Waals surface area contributed by atoms with Crippen LogP contribution in [0.5, 0.6) is 0 Å². The lowest BCUT2D eigenvalue weighted by atomic mass is 9.77. The largest absolute Gasteiger partial charge is 0.204 e. The Labute approximate surface area is 176 Å². The van der Waals surface area contributed by atoms with Crippen LogP contribution in [0.2, 0.25) is 0 Å². The van der Waals surface area contributed by atoms with Crippen molar-refractivity contribution in [3.8, 4) is 0 Å². The molecule has 0 unspecified atom stereocenters. The van der Waals surface area contributed by atoms with Crippen LogP contribution in [0.3, 0.4) is 0 Å². The van der Waals surface area contributed by atoms with Crippen molar-refractivity contribution in [3.63, 3.8) is 0 Å². The maximum Gasteiger partial charge on any atom is 0.194 e. The predicted molar refractivity (Wildman–Crippen MR) is 117 cm³/mol. The lowest BCUT2D eigenvalue weighted by molar-refractivity contribution is 0.303. The normalized spacial score (nSPS) is 19.7. The molecule has 2 nitrogen and oxygen atoms in total. The Morgan fingerprint density at radius 3 is 2.03 bits per heavy atom. The molecule has 0 radical (unpaired) electrons. The molecular weight excluding hydrogens is 385 g/mol. The second-order valence-corrected chi connectivity index (χ2v) is 8.17. The van der Waals surface area contributed by atoms with Crippen LogP contribution >= 0.6 is 0 Å². The zero-order chi connectivity index (χ0) is 21.3. The summed E-state index contributed by atoms with van der Waals surface area (Å²) in [4.78, 5) is 0. The highest BCUT2D eigenvalue weighted by atomic mass is 19.2. The topological polar surface area (TPSA) is 24.7 Å². The standard InChI is InChI=1S/C25H29F3N2/c1-2-3-4-5-18-6-10-21(11-7-18)22-12-8-19(9-13-22)16-29-30-17-20-14-23(26)25(28)24(27)15-20/h8-9,12-18,21H,2-7,10-11H2,1H3/b29-16+,30-17+. The van der Waals surface area contributed by atoms with Gasteiger partial charge in [0.2, 0.25) is 0 Å². The predicted octanol–water partition coefficient (Wildman–Crippen LogP) is 7.41. The van der Waals surface area contributed by atoms with Crippen molar-refractivity contribution in [2.75, 3.05) is 0 Å². The highest BCUT2D eigenvalue weighted by molar-refractivity contribution is 5.82. The van der Waals surface area contributed by atoms with Crippen LogP contribution in [0, 0.1) is 23.4 Å². The third-order valence-corrected chi connectivity index (χ3v) is 5.96. The van der Waals surface area contributed by atoms with Gasteiger partial charge in [0.05, 0.1) is 12.4 Å². The molecule has 1 saturated carbocycles. The number of hydrogen-bond acceptors (Lipinski definition) is 2. The Balaban J connectivity index is 1.50. The Morgan fingerprint density at radius 1 is 0.833 bits per heavy atom. The third-order valence-electron chi connectivity index (χ3n) is 5.96. The van der Waals surface area contributed by atoms with Gasteiger partial charge in [-0.25, -0.2) is 13.2 Å². The fourth-order valence-electron chi connectivity index (χ4n) is 4.17. The zero-order valence-electron chi connectivity index (χ0n) is 17.5. The van der Waals surface area contributed by atoms with Crippen LogP contribution in [0.1, 0.15) is 80.9 Å². The van der Waals surface area contributed by atoms with Crippen molar-refractivity contribution in [1.82, 2.24) is 0 Å². The van der Waals surface area contributed by atoms with E-state index in [2.05, 4.69) is 29.3 Å². The van der Waals surface area contributed by atoms with Crippen LogP contribution in [0.15, 0.2) is 46.6 Å². The Hall–Kier alpha value is -2.43. The van der Waals surface area contributed by atoms with Crippen molar-refractivity contribution in [2.45, 2.75) is 64.2 Å². The van der Waals surface area contributed by atoms with Crippen molar-refractivity contribution in [3.05, 3.63) is 70.5 Å². The molecule has 160 valence electrons. The highest BCUT2D eigenvalue weighted by Crippen LogP contribution is 2.37. The number of unbranched alkanes of at least 4 members (excludes halogenated alkanes) is 2. The van der Waals surface area contributed by atoms with Gasteiger partial charge in [-0.2, -0.15) is 10.2 Å². The molecule has 0 aromatic heterocycles. The summed E-state index contributed by atoms with van der Waals surface area (Å²) >= 11 is 0. The molecule has 0 atom stereocenters. The fourth-order valence-corrected chi connectivity index (χ4v) is 4.17. The summed E-state index contributed by atoms with van der Waals surface area (Å²) in [5, 5.41) is 7.70. The lowest BCUT2D eigenvalue weighted by Gasteiger charge is -2.29. The number of rotatable bonds is 8. The van der Waals surface area contributed by atoms with Crippen molar-refractivity contribution in [1.29, 1.82) is 0 Å². The molecule has 1 fully saturated rings. The summed E-state index contributed by atoms with van der Waals surface area (Å²) in [5.41, 5.74) is 2.39. The van der Waals surface area contributed by atoms with Gasteiger partial charge in [0.25, 0.3) is 0 Å². The monoisotopic (exact) mass is 414 g/mol. The maximum atomic E-state index is 13.2.